The van der Waals surface area contributed by atoms with Crippen LogP contribution in [-0.2, 0) is 6.42 Å². The van der Waals surface area contributed by atoms with Gasteiger partial charge in [-0.3, -0.25) is 0 Å². The fourth-order valence-corrected chi connectivity index (χ4v) is 1.82. The minimum atomic E-state index is 0.347. The third-order valence-electron chi connectivity index (χ3n) is 2.68. The fraction of sp³-hybridized carbons (Fsp3) is 0.286. The summed E-state index contributed by atoms with van der Waals surface area (Å²) in [7, 11) is 0. The van der Waals surface area contributed by atoms with Crippen LogP contribution in [0.2, 0.25) is 5.02 Å². The first-order valence-electron chi connectivity index (χ1n) is 5.92. The van der Waals surface area contributed by atoms with Crippen molar-refractivity contribution in [2.24, 2.45) is 0 Å². The van der Waals surface area contributed by atoms with Crippen molar-refractivity contribution in [3.05, 3.63) is 52.4 Å². The summed E-state index contributed by atoms with van der Waals surface area (Å²) in [6, 6.07) is 9.52. The summed E-state index contributed by atoms with van der Waals surface area (Å²) in [6.07, 6.45) is 0.669. The van der Waals surface area contributed by atoms with Crippen LogP contribution in [0.15, 0.2) is 30.3 Å². The zero-order valence-electron chi connectivity index (χ0n) is 10.5. The zero-order valence-corrected chi connectivity index (χ0v) is 11.3. The van der Waals surface area contributed by atoms with Gasteiger partial charge in [0.2, 0.25) is 0 Å². The molecule has 0 amide bonds. The molecule has 0 fully saturated rings. The first kappa shape index (κ1) is 12.8. The maximum Gasteiger partial charge on any atom is 0.135 e. The van der Waals surface area contributed by atoms with E-state index in [1.54, 1.807) is 0 Å². The predicted octanol–water partition coefficient (Wildman–Crippen LogP) is 3.43. The maximum atomic E-state index is 5.86. The Hall–Kier alpha value is -1.61. The number of rotatable bonds is 3. The van der Waals surface area contributed by atoms with Gasteiger partial charge in [0.15, 0.2) is 0 Å². The molecule has 0 aliphatic rings. The highest BCUT2D eigenvalue weighted by Gasteiger charge is 2.07. The Labute approximate surface area is 112 Å². The summed E-state index contributed by atoms with van der Waals surface area (Å²) in [5, 5.41) is 0.732. The number of nitrogens with zero attached hydrogens (tertiary/aromatic N) is 2. The van der Waals surface area contributed by atoms with Gasteiger partial charge in [0.05, 0.1) is 0 Å². The third kappa shape index (κ3) is 3.20. The van der Waals surface area contributed by atoms with Crippen LogP contribution in [-0.4, -0.2) is 9.97 Å². The van der Waals surface area contributed by atoms with E-state index in [2.05, 4.69) is 23.8 Å². The van der Waals surface area contributed by atoms with Crippen molar-refractivity contribution < 1.29 is 0 Å². The topological polar surface area (TPSA) is 51.8 Å². The van der Waals surface area contributed by atoms with Crippen molar-refractivity contribution in [1.29, 1.82) is 0 Å². The van der Waals surface area contributed by atoms with Gasteiger partial charge in [-0.1, -0.05) is 37.6 Å². The second-order valence-electron chi connectivity index (χ2n) is 4.59. The fourth-order valence-electron chi connectivity index (χ4n) is 1.70. The zero-order chi connectivity index (χ0) is 13.1. The molecule has 2 aromatic rings. The predicted molar refractivity (Wildman–Crippen MR) is 74.8 cm³/mol. The highest BCUT2D eigenvalue weighted by Crippen LogP contribution is 2.16. The number of halogens is 1. The number of aromatic nitrogens is 2. The van der Waals surface area contributed by atoms with Crippen LogP contribution >= 0.6 is 11.6 Å². The Bertz CT molecular complexity index is 535. The standard InChI is InChI=1S/C14H16ClN3/c1-9(2)12-8-13(16)18-14(17-12)7-10-3-5-11(15)6-4-10/h3-6,8-9H,7H2,1-2H3,(H2,16,17,18). The van der Waals surface area contributed by atoms with E-state index >= 15 is 0 Å². The molecule has 0 saturated carbocycles. The number of anilines is 1. The SMILES string of the molecule is CC(C)c1cc(N)nc(Cc2ccc(Cl)cc2)n1. The van der Waals surface area contributed by atoms with Crippen molar-refractivity contribution in [1.82, 2.24) is 9.97 Å². The molecule has 0 aliphatic carbocycles. The van der Waals surface area contributed by atoms with E-state index in [0.717, 1.165) is 22.1 Å². The van der Waals surface area contributed by atoms with Gasteiger partial charge in [0.25, 0.3) is 0 Å². The Kier molecular flexibility index (Phi) is 3.82. The monoisotopic (exact) mass is 261 g/mol. The molecule has 0 spiro atoms. The quantitative estimate of drug-likeness (QED) is 0.921. The highest BCUT2D eigenvalue weighted by molar-refractivity contribution is 6.30. The Morgan fingerprint density at radius 3 is 2.44 bits per heavy atom. The van der Waals surface area contributed by atoms with Crippen molar-refractivity contribution in [2.45, 2.75) is 26.2 Å². The summed E-state index contributed by atoms with van der Waals surface area (Å²) in [5.74, 6) is 1.62. The van der Waals surface area contributed by atoms with Gasteiger partial charge in [-0.05, 0) is 23.6 Å². The lowest BCUT2D eigenvalue weighted by molar-refractivity contribution is 0.794. The van der Waals surface area contributed by atoms with Gasteiger partial charge in [-0.2, -0.15) is 0 Å². The minimum Gasteiger partial charge on any atom is -0.384 e. The molecule has 1 aromatic heterocycles. The maximum absolute atomic E-state index is 5.86. The van der Waals surface area contributed by atoms with Gasteiger partial charge >= 0.3 is 0 Å². The number of benzene rings is 1. The molecule has 0 atom stereocenters. The van der Waals surface area contributed by atoms with E-state index in [-0.39, 0.29) is 0 Å². The summed E-state index contributed by atoms with van der Waals surface area (Å²) in [6.45, 7) is 4.18. The highest BCUT2D eigenvalue weighted by atomic mass is 35.5. The van der Waals surface area contributed by atoms with Gasteiger partial charge in [0.1, 0.15) is 11.6 Å². The van der Waals surface area contributed by atoms with E-state index in [4.69, 9.17) is 17.3 Å². The average molecular weight is 262 g/mol. The lowest BCUT2D eigenvalue weighted by Gasteiger charge is -2.08. The number of nitrogens with two attached hydrogens (primary N) is 1. The molecule has 0 aliphatic heterocycles. The lowest BCUT2D eigenvalue weighted by Crippen LogP contribution is -2.05. The largest absolute Gasteiger partial charge is 0.384 e. The number of nitrogen functional groups attached to an aromatic ring is 1. The van der Waals surface area contributed by atoms with Gasteiger partial charge in [0, 0.05) is 23.2 Å². The summed E-state index contributed by atoms with van der Waals surface area (Å²) >= 11 is 5.86. The molecule has 0 radical (unpaired) electrons. The molecule has 0 unspecified atom stereocenters. The molecule has 2 rings (SSSR count). The molecule has 3 nitrogen and oxygen atoms in total. The molecular weight excluding hydrogens is 246 g/mol. The van der Waals surface area contributed by atoms with Crippen LogP contribution in [0.25, 0.3) is 0 Å². The minimum absolute atomic E-state index is 0.347. The number of hydrogen-bond acceptors (Lipinski definition) is 3. The third-order valence-corrected chi connectivity index (χ3v) is 2.93. The smallest absolute Gasteiger partial charge is 0.135 e. The van der Waals surface area contributed by atoms with Crippen LogP contribution in [0.1, 0.15) is 36.8 Å². The van der Waals surface area contributed by atoms with Crippen molar-refractivity contribution in [3.8, 4) is 0 Å². The summed E-state index contributed by atoms with van der Waals surface area (Å²) in [4.78, 5) is 8.79. The van der Waals surface area contributed by atoms with Crippen molar-refractivity contribution in [3.63, 3.8) is 0 Å². The van der Waals surface area contributed by atoms with Crippen LogP contribution in [0, 0.1) is 0 Å². The van der Waals surface area contributed by atoms with E-state index in [1.165, 1.54) is 0 Å². The Balaban J connectivity index is 2.26. The first-order valence-corrected chi connectivity index (χ1v) is 6.30. The molecule has 1 heterocycles. The van der Waals surface area contributed by atoms with Crippen LogP contribution in [0.4, 0.5) is 5.82 Å². The Morgan fingerprint density at radius 1 is 1.17 bits per heavy atom. The van der Waals surface area contributed by atoms with Gasteiger partial charge < -0.3 is 5.73 Å². The van der Waals surface area contributed by atoms with Crippen molar-refractivity contribution >= 4 is 17.4 Å². The average Bonchev–Trinajstić information content (AvgIpc) is 2.31. The molecule has 94 valence electrons. The van der Waals surface area contributed by atoms with Gasteiger partial charge in [-0.25, -0.2) is 9.97 Å². The second-order valence-corrected chi connectivity index (χ2v) is 5.03. The molecule has 18 heavy (non-hydrogen) atoms. The number of hydrogen-bond donors (Lipinski definition) is 1. The summed E-state index contributed by atoms with van der Waals surface area (Å²) < 4.78 is 0. The Morgan fingerprint density at radius 2 is 1.83 bits per heavy atom. The molecule has 0 saturated heterocycles. The van der Waals surface area contributed by atoms with Crippen LogP contribution < -0.4 is 5.73 Å². The normalized spacial score (nSPS) is 10.9. The molecule has 1 aromatic carbocycles. The first-order chi connectivity index (χ1) is 8.54. The van der Waals surface area contributed by atoms with Crippen molar-refractivity contribution in [2.75, 3.05) is 5.73 Å². The molecule has 0 bridgehead atoms. The van der Waals surface area contributed by atoms with Crippen LogP contribution in [0.3, 0.4) is 0 Å². The molecule has 2 N–H and O–H groups in total. The lowest BCUT2D eigenvalue weighted by atomic mass is 10.1. The second kappa shape index (κ2) is 5.36. The summed E-state index contributed by atoms with van der Waals surface area (Å²) in [5.41, 5.74) is 7.91. The molecular formula is C14H16ClN3. The van der Waals surface area contributed by atoms with E-state index in [0.29, 0.717) is 18.2 Å². The van der Waals surface area contributed by atoms with Crippen LogP contribution in [0.5, 0.6) is 0 Å². The van der Waals surface area contributed by atoms with E-state index in [1.807, 2.05) is 30.3 Å². The molecule has 4 heteroatoms. The van der Waals surface area contributed by atoms with E-state index < -0.39 is 0 Å². The van der Waals surface area contributed by atoms with E-state index in [9.17, 15) is 0 Å². The van der Waals surface area contributed by atoms with Gasteiger partial charge in [-0.15, -0.1) is 0 Å².